The number of aromatic amines is 6. The molecule has 1 atom stereocenters. The molecule has 3 fully saturated rings. The molecule has 0 spiro atoms. The first-order chi connectivity index (χ1) is 55.9. The number of amides is 3. The summed E-state index contributed by atoms with van der Waals surface area (Å²) in [5, 5.41) is 73.4. The van der Waals surface area contributed by atoms with Crippen LogP contribution in [-0.4, -0.2) is 158 Å². The number of benzene rings is 8. The average molecular weight is 1720 g/mol. The highest BCUT2D eigenvalue weighted by molar-refractivity contribution is 7.89. The number of sulfonamides is 1. The number of carbonyl (C=O) groups excluding carboxylic acids is 3. The standard InChI is InChI=1S/C16H14ClN3O.C15H14ClN3O2S.C15H16F3N3O2.C13H14ClN3O.C13H15ClN2O.C12H15ClN2O/c1-10(21)18-8-11-2-4-12(5-3-11)14-6-13(17)7-16-15(14)9-19-20-16;1-19(2)22(20,21)12-5-3-10(4-6-12)13-7-11(16)8-15-14(13)9-17-18-15;1-9(22)21-4-2-10(3-5-21)12-6-11(23-15(16,17)18)7-14-13(12)8-19-20-14;14-9-6-10(11-8-15-16-12(11)7-9)13(18)17-4-2-1-3-5-17;14-9-6-11(10-8-15-16-12(10)7-9)13(17)4-2-1-3-5-13;1-7(2)3-12(16)9-4-8(13)5-11-10(9)6-14-15-11/h2-7,9H,8H2,1H3,(H,18,21)(H,19,20);3-9H,1-2H3,(H,17,18);6-8,10H,2-5H2,1H3,(H,19,20);6-8H,1-5H2,(H,15,16);6-8,17H,1-5H2,(H,15,16);4-7,12,16H,3H2,1-2H3,(H,14,15). The molecule has 2 aliphatic heterocycles. The molecule has 17 rings (SSSR count). The van der Waals surface area contributed by atoms with Crippen LogP contribution in [0.1, 0.15) is 143 Å². The first-order valence-corrected chi connectivity index (χ1v) is 41.4. The average Bonchev–Trinajstić information content (AvgIpc) is 1.75. The molecule has 8 aromatic carbocycles. The minimum atomic E-state index is -4.73. The fraction of sp³-hybridized carbons (Fsp3) is 0.321. The predicted molar refractivity (Wildman–Crippen MR) is 453 cm³/mol. The van der Waals surface area contributed by atoms with Gasteiger partial charge in [-0.1, -0.05) is 128 Å². The summed E-state index contributed by atoms with van der Waals surface area (Å²) in [4.78, 5) is 38.7. The number of carbonyl (C=O) groups is 3. The van der Waals surface area contributed by atoms with Gasteiger partial charge in [0.05, 0.1) is 92.4 Å². The number of piperidine rings is 2. The van der Waals surface area contributed by atoms with Crippen LogP contribution in [0.2, 0.25) is 25.1 Å². The number of fused-ring (bicyclic) bond motifs is 6. The van der Waals surface area contributed by atoms with Crippen molar-refractivity contribution >= 4 is 151 Å². The molecule has 0 bridgehead atoms. The molecule has 14 aromatic rings. The van der Waals surface area contributed by atoms with Crippen molar-refractivity contribution in [1.82, 2.24) is 80.6 Å². The van der Waals surface area contributed by atoms with Crippen molar-refractivity contribution < 1.29 is 50.9 Å². The number of hydrogen-bond donors (Lipinski definition) is 9. The quantitative estimate of drug-likeness (QED) is 0.0518. The summed E-state index contributed by atoms with van der Waals surface area (Å²) in [7, 11) is -0.409. The third kappa shape index (κ3) is 21.6. The summed E-state index contributed by atoms with van der Waals surface area (Å²) in [5.74, 6) is 0.306. The Kier molecular flexibility index (Phi) is 28.0. The maximum atomic E-state index is 12.5. The van der Waals surface area contributed by atoms with Crippen LogP contribution in [0.15, 0.2) is 163 Å². The normalized spacial score (nSPS) is 14.7. The molecule has 8 heterocycles. The molecule has 1 unspecified atom stereocenters. The van der Waals surface area contributed by atoms with E-state index in [0.717, 1.165) is 162 Å². The van der Waals surface area contributed by atoms with E-state index in [-0.39, 0.29) is 34.3 Å². The summed E-state index contributed by atoms with van der Waals surface area (Å²) in [6.07, 6.45) is 15.6. The third-order valence-corrected chi connectivity index (χ3v) is 23.6. The molecule has 614 valence electrons. The highest BCUT2D eigenvalue weighted by atomic mass is 35.5. The number of aliphatic hydroxyl groups excluding tert-OH is 1. The Hall–Kier alpha value is -10.1. The van der Waals surface area contributed by atoms with Crippen molar-refractivity contribution in [2.24, 2.45) is 5.92 Å². The van der Waals surface area contributed by atoms with Crippen LogP contribution in [0.25, 0.3) is 87.7 Å². The number of likely N-dealkylation sites (tertiary alicyclic amines) is 2. The topological polar surface area (TPSA) is 329 Å². The molecule has 9 N–H and O–H groups in total. The van der Waals surface area contributed by atoms with E-state index in [0.29, 0.717) is 74.6 Å². The van der Waals surface area contributed by atoms with Gasteiger partial charge in [-0.05, 0) is 187 Å². The van der Waals surface area contributed by atoms with Crippen molar-refractivity contribution in [2.45, 2.75) is 134 Å². The van der Waals surface area contributed by atoms with E-state index in [9.17, 15) is 46.2 Å². The molecule has 1 aliphatic carbocycles. The highest BCUT2D eigenvalue weighted by Crippen LogP contribution is 2.43. The zero-order valence-corrected chi connectivity index (χ0v) is 69.5. The molecular formula is C84H88Cl5F3N16O8S. The molecule has 3 aliphatic rings. The van der Waals surface area contributed by atoms with Gasteiger partial charge >= 0.3 is 6.36 Å². The van der Waals surface area contributed by atoms with E-state index in [1.165, 1.54) is 57.2 Å². The monoisotopic (exact) mass is 1710 g/mol. The Morgan fingerprint density at radius 2 is 1.01 bits per heavy atom. The zero-order chi connectivity index (χ0) is 83.5. The maximum absolute atomic E-state index is 12.5. The fourth-order valence-corrected chi connectivity index (χ4v) is 16.8. The Morgan fingerprint density at radius 3 is 1.52 bits per heavy atom. The van der Waals surface area contributed by atoms with E-state index in [4.69, 9.17) is 58.0 Å². The number of nitrogens with zero attached hydrogens (tertiary/aromatic N) is 9. The Balaban J connectivity index is 0.000000130. The first kappa shape index (κ1) is 86.2. The van der Waals surface area contributed by atoms with Crippen molar-refractivity contribution in [3.63, 3.8) is 0 Å². The van der Waals surface area contributed by atoms with Crippen molar-refractivity contribution in [2.75, 3.05) is 40.3 Å². The van der Waals surface area contributed by atoms with E-state index in [2.05, 4.69) is 85.1 Å². The van der Waals surface area contributed by atoms with Gasteiger partial charge in [-0.25, -0.2) is 12.7 Å². The largest absolute Gasteiger partial charge is 0.573 e. The molecular weight excluding hydrogens is 1630 g/mol. The highest BCUT2D eigenvalue weighted by Gasteiger charge is 2.35. The second kappa shape index (κ2) is 38.1. The first-order valence-electron chi connectivity index (χ1n) is 38.1. The van der Waals surface area contributed by atoms with Crippen LogP contribution in [0.3, 0.4) is 0 Å². The molecule has 117 heavy (non-hydrogen) atoms. The number of rotatable bonds is 13. The van der Waals surface area contributed by atoms with Gasteiger partial charge in [0.2, 0.25) is 21.8 Å². The maximum Gasteiger partial charge on any atom is 0.573 e. The number of hydrogen-bond acceptors (Lipinski definition) is 14. The van der Waals surface area contributed by atoms with E-state index >= 15 is 0 Å². The van der Waals surface area contributed by atoms with Gasteiger partial charge in [0.15, 0.2) is 0 Å². The van der Waals surface area contributed by atoms with E-state index < -0.39 is 28.1 Å². The lowest BCUT2D eigenvalue weighted by Gasteiger charge is -2.33. The fourth-order valence-electron chi connectivity index (χ4n) is 14.8. The summed E-state index contributed by atoms with van der Waals surface area (Å²) >= 11 is 30.4. The smallest absolute Gasteiger partial charge is 0.406 e. The summed E-state index contributed by atoms with van der Waals surface area (Å²) in [5.41, 5.74) is 12.3. The minimum absolute atomic E-state index is 0.0195. The van der Waals surface area contributed by atoms with Crippen molar-refractivity contribution in [3.05, 3.63) is 211 Å². The number of ether oxygens (including phenoxy) is 1. The number of alkyl halides is 3. The lowest BCUT2D eigenvalue weighted by atomic mass is 9.78. The van der Waals surface area contributed by atoms with Crippen LogP contribution >= 0.6 is 58.0 Å². The third-order valence-electron chi connectivity index (χ3n) is 20.7. The zero-order valence-electron chi connectivity index (χ0n) is 64.9. The Morgan fingerprint density at radius 1 is 0.564 bits per heavy atom. The van der Waals surface area contributed by atoms with Gasteiger partial charge in [-0.2, -0.15) is 30.6 Å². The number of halogens is 8. The van der Waals surface area contributed by atoms with Crippen LogP contribution in [0.5, 0.6) is 5.75 Å². The Bertz CT molecular complexity index is 5910. The number of H-pyrrole nitrogens is 6. The van der Waals surface area contributed by atoms with Gasteiger partial charge in [0, 0.05) is 124 Å². The van der Waals surface area contributed by atoms with E-state index in [1.54, 1.807) is 84.5 Å². The van der Waals surface area contributed by atoms with Gasteiger partial charge in [-0.3, -0.25) is 45.0 Å². The molecule has 2 saturated heterocycles. The molecule has 24 nitrogen and oxygen atoms in total. The number of nitrogens with one attached hydrogen (secondary N) is 7. The molecule has 0 radical (unpaired) electrons. The molecule has 3 amide bonds. The summed E-state index contributed by atoms with van der Waals surface area (Å²) < 4.78 is 66.9. The lowest BCUT2D eigenvalue weighted by molar-refractivity contribution is -0.274. The van der Waals surface area contributed by atoms with Gasteiger partial charge in [-0.15, -0.1) is 13.2 Å². The summed E-state index contributed by atoms with van der Waals surface area (Å²) in [6, 6.07) is 35.8. The van der Waals surface area contributed by atoms with Gasteiger partial charge in [0.25, 0.3) is 5.91 Å². The Labute approximate surface area is 697 Å². The van der Waals surface area contributed by atoms with Crippen LogP contribution in [0.4, 0.5) is 13.2 Å². The number of aliphatic hydroxyl groups is 2. The summed E-state index contributed by atoms with van der Waals surface area (Å²) in [6.45, 7) is 10.6. The molecule has 1 saturated carbocycles. The predicted octanol–water partition coefficient (Wildman–Crippen LogP) is 19.3. The second-order valence-electron chi connectivity index (χ2n) is 29.6. The number of aromatic nitrogens is 12. The SMILES string of the molecule is CC(=O)N1CCC(c2cc(OC(F)(F)F)cc3[nH]ncc23)CC1.CC(=O)NCc1ccc(-c2cc(Cl)cc3[nH]ncc23)cc1.CC(C)CC(O)c1cc(Cl)cc2[nH]ncc12.CN(C)S(=O)(=O)c1ccc(-c2cc(Cl)cc3[nH]ncc23)cc1.O=C(c1cc(Cl)cc2[nH]ncc12)N1CCCCC1.OC1(c2cc(Cl)cc3[nH]ncc23)CCCCC1. The van der Waals surface area contributed by atoms with Gasteiger partial charge in [0.1, 0.15) is 5.75 Å². The van der Waals surface area contributed by atoms with Crippen molar-refractivity contribution in [3.8, 4) is 28.0 Å². The van der Waals surface area contributed by atoms with E-state index in [1.807, 2.05) is 71.6 Å². The second-order valence-corrected chi connectivity index (χ2v) is 34.0. The lowest BCUT2D eigenvalue weighted by Crippen LogP contribution is -2.36. The van der Waals surface area contributed by atoms with Crippen molar-refractivity contribution in [1.29, 1.82) is 0 Å². The van der Waals surface area contributed by atoms with Crippen LogP contribution in [-0.2, 0) is 31.8 Å². The molecule has 6 aromatic heterocycles. The van der Waals surface area contributed by atoms with Crippen LogP contribution < -0.4 is 10.1 Å². The van der Waals surface area contributed by atoms with Crippen LogP contribution in [0, 0.1) is 5.92 Å². The van der Waals surface area contributed by atoms with Gasteiger partial charge < -0.3 is 30.1 Å². The minimum Gasteiger partial charge on any atom is -0.406 e. The molecule has 33 heteroatoms.